The minimum Gasteiger partial charge on any atom is -0.367 e. The van der Waals surface area contributed by atoms with Crippen LogP contribution >= 0.6 is 11.6 Å². The lowest BCUT2D eigenvalue weighted by Gasteiger charge is -2.36. The second-order valence-corrected chi connectivity index (χ2v) is 6.45. The number of carbonyl (C=O) groups excluding carboxylic acids is 1. The second kappa shape index (κ2) is 7.69. The zero-order valence-corrected chi connectivity index (χ0v) is 14.3. The van der Waals surface area contributed by atoms with Crippen LogP contribution in [0.15, 0.2) is 54.6 Å². The molecule has 2 N–H and O–H groups in total. The van der Waals surface area contributed by atoms with Gasteiger partial charge < -0.3 is 15.5 Å². The first-order chi connectivity index (χ1) is 11.6. The fourth-order valence-electron chi connectivity index (χ4n) is 3.04. The van der Waals surface area contributed by atoms with Crippen molar-refractivity contribution >= 4 is 23.2 Å². The first-order valence-electron chi connectivity index (χ1n) is 8.23. The first kappa shape index (κ1) is 16.8. The summed E-state index contributed by atoms with van der Waals surface area (Å²) < 4.78 is 0. The quantitative estimate of drug-likeness (QED) is 0.928. The highest BCUT2D eigenvalue weighted by molar-refractivity contribution is 6.33. The van der Waals surface area contributed by atoms with Crippen molar-refractivity contribution in [1.82, 2.24) is 4.90 Å². The van der Waals surface area contributed by atoms with Crippen LogP contribution in [0.1, 0.15) is 18.0 Å². The Bertz CT molecular complexity index is 684. The van der Waals surface area contributed by atoms with E-state index in [4.69, 9.17) is 17.3 Å². The molecule has 4 nitrogen and oxygen atoms in total. The van der Waals surface area contributed by atoms with E-state index in [2.05, 4.69) is 4.90 Å². The molecule has 0 bridgehead atoms. The highest BCUT2D eigenvalue weighted by atomic mass is 35.5. The van der Waals surface area contributed by atoms with Crippen LogP contribution < -0.4 is 10.6 Å². The molecule has 1 unspecified atom stereocenters. The third-order valence-electron chi connectivity index (χ3n) is 4.45. The van der Waals surface area contributed by atoms with Crippen molar-refractivity contribution in [2.75, 3.05) is 31.1 Å². The molecule has 0 saturated carbocycles. The summed E-state index contributed by atoms with van der Waals surface area (Å²) in [6, 6.07) is 17.4. The minimum absolute atomic E-state index is 0.116. The van der Waals surface area contributed by atoms with E-state index in [1.807, 2.05) is 59.5 Å². The van der Waals surface area contributed by atoms with E-state index in [9.17, 15) is 4.79 Å². The predicted octanol–water partition coefficient (Wildman–Crippen LogP) is 3.08. The lowest BCUT2D eigenvalue weighted by molar-refractivity contribution is -0.131. The summed E-state index contributed by atoms with van der Waals surface area (Å²) in [5.41, 5.74) is 8.20. The predicted molar refractivity (Wildman–Crippen MR) is 98.2 cm³/mol. The highest BCUT2D eigenvalue weighted by Crippen LogP contribution is 2.26. The number of anilines is 1. The zero-order chi connectivity index (χ0) is 16.9. The molecule has 0 aromatic heterocycles. The number of nitrogens with two attached hydrogens (primary N) is 1. The van der Waals surface area contributed by atoms with Crippen LogP contribution in [0.4, 0.5) is 5.69 Å². The molecule has 1 atom stereocenters. The molecule has 0 spiro atoms. The van der Waals surface area contributed by atoms with Crippen molar-refractivity contribution in [2.24, 2.45) is 5.73 Å². The van der Waals surface area contributed by atoms with E-state index in [0.717, 1.165) is 29.4 Å². The molecule has 1 fully saturated rings. The van der Waals surface area contributed by atoms with Gasteiger partial charge in [-0.25, -0.2) is 0 Å². The fourth-order valence-corrected chi connectivity index (χ4v) is 3.30. The molecule has 0 aliphatic carbocycles. The maximum absolute atomic E-state index is 12.5. The maximum atomic E-state index is 12.5. The largest absolute Gasteiger partial charge is 0.367 e. The van der Waals surface area contributed by atoms with Gasteiger partial charge in [0.2, 0.25) is 5.91 Å². The monoisotopic (exact) mass is 343 g/mol. The molecule has 2 aromatic rings. The number of amides is 1. The smallest absolute Gasteiger partial charge is 0.224 e. The van der Waals surface area contributed by atoms with Crippen LogP contribution in [0, 0.1) is 0 Å². The number of carbonyl (C=O) groups is 1. The summed E-state index contributed by atoms with van der Waals surface area (Å²) in [6.07, 6.45) is 0.343. The Morgan fingerprint density at radius 1 is 1.00 bits per heavy atom. The topological polar surface area (TPSA) is 49.6 Å². The maximum Gasteiger partial charge on any atom is 0.224 e. The number of hydrogen-bond acceptors (Lipinski definition) is 3. The molecule has 1 aliphatic heterocycles. The molecule has 1 amide bonds. The van der Waals surface area contributed by atoms with Gasteiger partial charge in [-0.15, -0.1) is 0 Å². The number of hydrogen-bond donors (Lipinski definition) is 1. The van der Waals surface area contributed by atoms with Gasteiger partial charge in [0.15, 0.2) is 0 Å². The van der Waals surface area contributed by atoms with Gasteiger partial charge in [0.25, 0.3) is 0 Å². The minimum atomic E-state index is -0.250. The molecule has 5 heteroatoms. The van der Waals surface area contributed by atoms with E-state index >= 15 is 0 Å². The summed E-state index contributed by atoms with van der Waals surface area (Å²) in [7, 11) is 0. The third-order valence-corrected chi connectivity index (χ3v) is 4.77. The first-order valence-corrected chi connectivity index (χ1v) is 8.61. The van der Waals surface area contributed by atoms with Gasteiger partial charge in [0.05, 0.1) is 10.7 Å². The molecule has 1 saturated heterocycles. The molecule has 0 radical (unpaired) electrons. The summed E-state index contributed by atoms with van der Waals surface area (Å²) in [5.74, 6) is 0.116. The van der Waals surface area contributed by atoms with Crippen LogP contribution in [-0.4, -0.2) is 37.0 Å². The number of rotatable bonds is 4. The molecule has 24 heavy (non-hydrogen) atoms. The molecule has 1 aliphatic rings. The Hall–Kier alpha value is -2.04. The average Bonchev–Trinajstić information content (AvgIpc) is 2.63. The van der Waals surface area contributed by atoms with Crippen LogP contribution in [-0.2, 0) is 4.79 Å². The number of para-hydroxylation sites is 1. The SMILES string of the molecule is NC(CC(=O)N1CCN(c2ccccc2Cl)CC1)c1ccccc1. The van der Waals surface area contributed by atoms with Gasteiger partial charge in [-0.3, -0.25) is 4.79 Å². The number of nitrogens with zero attached hydrogens (tertiary/aromatic N) is 2. The van der Waals surface area contributed by atoms with Gasteiger partial charge in [0.1, 0.15) is 0 Å². The van der Waals surface area contributed by atoms with Gasteiger partial charge in [-0.1, -0.05) is 54.1 Å². The normalized spacial score (nSPS) is 16.1. The molecule has 2 aromatic carbocycles. The lowest BCUT2D eigenvalue weighted by atomic mass is 10.0. The van der Waals surface area contributed by atoms with Crippen LogP contribution in [0.25, 0.3) is 0 Å². The van der Waals surface area contributed by atoms with Crippen molar-refractivity contribution in [3.05, 3.63) is 65.2 Å². The summed E-state index contributed by atoms with van der Waals surface area (Å²) in [4.78, 5) is 16.6. The van der Waals surface area contributed by atoms with Crippen molar-refractivity contribution in [2.45, 2.75) is 12.5 Å². The van der Waals surface area contributed by atoms with Crippen molar-refractivity contribution in [1.29, 1.82) is 0 Å². The van der Waals surface area contributed by atoms with E-state index in [0.29, 0.717) is 19.5 Å². The molecule has 3 rings (SSSR count). The van der Waals surface area contributed by atoms with Gasteiger partial charge in [-0.05, 0) is 17.7 Å². The lowest BCUT2D eigenvalue weighted by Crippen LogP contribution is -2.49. The fraction of sp³-hybridized carbons (Fsp3) is 0.316. The highest BCUT2D eigenvalue weighted by Gasteiger charge is 2.23. The van der Waals surface area contributed by atoms with Gasteiger partial charge >= 0.3 is 0 Å². The number of piperazine rings is 1. The van der Waals surface area contributed by atoms with Gasteiger partial charge in [0, 0.05) is 38.6 Å². The van der Waals surface area contributed by atoms with Crippen molar-refractivity contribution in [3.8, 4) is 0 Å². The Balaban J connectivity index is 1.55. The number of halogens is 1. The molecular formula is C19H22ClN3O. The Morgan fingerprint density at radius 2 is 1.62 bits per heavy atom. The summed E-state index contributed by atoms with van der Waals surface area (Å²) in [6.45, 7) is 2.98. The van der Waals surface area contributed by atoms with Crippen LogP contribution in [0.5, 0.6) is 0 Å². The standard InChI is InChI=1S/C19H22ClN3O/c20-16-8-4-5-9-18(16)22-10-12-23(13-11-22)19(24)14-17(21)15-6-2-1-3-7-15/h1-9,17H,10-14,21H2. The Labute approximate surface area is 147 Å². The summed E-state index contributed by atoms with van der Waals surface area (Å²) in [5, 5.41) is 0.753. The van der Waals surface area contributed by atoms with E-state index in [1.54, 1.807) is 0 Å². The van der Waals surface area contributed by atoms with Crippen molar-refractivity contribution in [3.63, 3.8) is 0 Å². The molecule has 126 valence electrons. The van der Waals surface area contributed by atoms with Crippen LogP contribution in [0.2, 0.25) is 5.02 Å². The Morgan fingerprint density at radius 3 is 2.29 bits per heavy atom. The van der Waals surface area contributed by atoms with E-state index in [-0.39, 0.29) is 11.9 Å². The zero-order valence-electron chi connectivity index (χ0n) is 13.6. The third kappa shape index (κ3) is 3.89. The average molecular weight is 344 g/mol. The molecule has 1 heterocycles. The van der Waals surface area contributed by atoms with Gasteiger partial charge in [-0.2, -0.15) is 0 Å². The molecular weight excluding hydrogens is 322 g/mol. The van der Waals surface area contributed by atoms with Crippen molar-refractivity contribution < 1.29 is 4.79 Å². The van der Waals surface area contributed by atoms with Crippen LogP contribution in [0.3, 0.4) is 0 Å². The number of benzene rings is 2. The van der Waals surface area contributed by atoms with E-state index in [1.165, 1.54) is 0 Å². The Kier molecular flexibility index (Phi) is 5.38. The second-order valence-electron chi connectivity index (χ2n) is 6.04. The summed E-state index contributed by atoms with van der Waals surface area (Å²) >= 11 is 6.25. The van der Waals surface area contributed by atoms with E-state index < -0.39 is 0 Å².